The molecule has 0 bridgehead atoms. The molecule has 96 valence electrons. The predicted octanol–water partition coefficient (Wildman–Crippen LogP) is 3.91. The van der Waals surface area contributed by atoms with Gasteiger partial charge in [-0.3, -0.25) is 15.1 Å². The van der Waals surface area contributed by atoms with Gasteiger partial charge in [-0.25, -0.2) is 0 Å². The van der Waals surface area contributed by atoms with Gasteiger partial charge in [-0.05, 0) is 41.8 Å². The molecule has 0 aromatic heterocycles. The number of nitrogens with zero attached hydrogens (tertiary/aromatic N) is 2. The molecule has 2 aromatic carbocycles. The van der Waals surface area contributed by atoms with Crippen molar-refractivity contribution in [1.29, 1.82) is 0 Å². The third kappa shape index (κ3) is 3.48. The Morgan fingerprint density at radius 1 is 1.11 bits per heavy atom. The molecule has 0 unspecified atom stereocenters. The molecule has 2 aromatic rings. The van der Waals surface area contributed by atoms with E-state index in [1.807, 2.05) is 24.3 Å². The summed E-state index contributed by atoms with van der Waals surface area (Å²) in [5.41, 5.74) is 3.07. The van der Waals surface area contributed by atoms with Gasteiger partial charge in [0.2, 0.25) is 0 Å². The zero-order valence-corrected chi connectivity index (χ0v) is 10.6. The molecule has 0 N–H and O–H groups in total. The van der Waals surface area contributed by atoms with Crippen molar-refractivity contribution in [3.8, 4) is 0 Å². The molecular weight excluding hydrogens is 240 g/mol. The van der Waals surface area contributed by atoms with Crippen molar-refractivity contribution in [2.45, 2.75) is 13.3 Å². The smallest absolute Gasteiger partial charge is 0.258 e. The van der Waals surface area contributed by atoms with E-state index < -0.39 is 4.92 Å². The molecule has 0 aliphatic carbocycles. The number of rotatable bonds is 4. The largest absolute Gasteiger partial charge is 0.269 e. The third-order valence-corrected chi connectivity index (χ3v) is 2.81. The van der Waals surface area contributed by atoms with Crippen molar-refractivity contribution in [2.24, 2.45) is 4.99 Å². The van der Waals surface area contributed by atoms with Gasteiger partial charge in [0, 0.05) is 18.3 Å². The summed E-state index contributed by atoms with van der Waals surface area (Å²) in [5.74, 6) is 0. The van der Waals surface area contributed by atoms with Crippen molar-refractivity contribution >= 4 is 17.6 Å². The van der Waals surface area contributed by atoms with Gasteiger partial charge >= 0.3 is 0 Å². The summed E-state index contributed by atoms with van der Waals surface area (Å²) in [6, 6.07) is 14.3. The fourth-order valence-electron chi connectivity index (χ4n) is 1.65. The van der Waals surface area contributed by atoms with Gasteiger partial charge in [0.25, 0.3) is 5.69 Å². The van der Waals surface area contributed by atoms with E-state index in [-0.39, 0.29) is 5.69 Å². The SMILES string of the molecule is CCc1ccc(N=Cc2ccc([N+](=O)[O-])cc2)cc1. The van der Waals surface area contributed by atoms with Crippen LogP contribution in [-0.2, 0) is 6.42 Å². The predicted molar refractivity (Wildman–Crippen MR) is 76.2 cm³/mol. The van der Waals surface area contributed by atoms with E-state index in [0.29, 0.717) is 0 Å². The first-order valence-electron chi connectivity index (χ1n) is 6.06. The average Bonchev–Trinajstić information content (AvgIpc) is 2.46. The number of aryl methyl sites for hydroxylation is 1. The van der Waals surface area contributed by atoms with Crippen LogP contribution in [0.3, 0.4) is 0 Å². The maximum atomic E-state index is 10.5. The molecule has 4 nitrogen and oxygen atoms in total. The van der Waals surface area contributed by atoms with E-state index in [1.54, 1.807) is 18.3 Å². The van der Waals surface area contributed by atoms with Crippen molar-refractivity contribution < 1.29 is 4.92 Å². The Balaban J connectivity index is 2.10. The quantitative estimate of drug-likeness (QED) is 0.472. The van der Waals surface area contributed by atoms with Gasteiger partial charge in [-0.2, -0.15) is 0 Å². The number of non-ortho nitro benzene ring substituents is 1. The van der Waals surface area contributed by atoms with Gasteiger partial charge in [0.1, 0.15) is 0 Å². The minimum absolute atomic E-state index is 0.0875. The molecule has 0 aliphatic heterocycles. The fraction of sp³-hybridized carbons (Fsp3) is 0.133. The second kappa shape index (κ2) is 5.91. The monoisotopic (exact) mass is 254 g/mol. The molecule has 19 heavy (non-hydrogen) atoms. The lowest BCUT2D eigenvalue weighted by atomic mass is 10.1. The van der Waals surface area contributed by atoms with Crippen LogP contribution in [0.4, 0.5) is 11.4 Å². The van der Waals surface area contributed by atoms with Crippen LogP contribution in [-0.4, -0.2) is 11.1 Å². The van der Waals surface area contributed by atoms with Crippen molar-refractivity contribution in [3.63, 3.8) is 0 Å². The van der Waals surface area contributed by atoms with Gasteiger partial charge < -0.3 is 0 Å². The first-order valence-corrected chi connectivity index (χ1v) is 6.06. The summed E-state index contributed by atoms with van der Waals surface area (Å²) in [6.07, 6.45) is 2.71. The van der Waals surface area contributed by atoms with E-state index >= 15 is 0 Å². The Labute approximate surface area is 111 Å². The topological polar surface area (TPSA) is 55.5 Å². The van der Waals surface area contributed by atoms with Crippen LogP contribution in [0.25, 0.3) is 0 Å². The van der Waals surface area contributed by atoms with Crippen LogP contribution in [0.1, 0.15) is 18.1 Å². The van der Waals surface area contributed by atoms with Gasteiger partial charge in [-0.15, -0.1) is 0 Å². The normalized spacial score (nSPS) is 10.8. The molecule has 0 fully saturated rings. The van der Waals surface area contributed by atoms with E-state index in [1.165, 1.54) is 17.7 Å². The average molecular weight is 254 g/mol. The van der Waals surface area contributed by atoms with Gasteiger partial charge in [0.15, 0.2) is 0 Å². The van der Waals surface area contributed by atoms with Crippen LogP contribution in [0.2, 0.25) is 0 Å². The molecule has 2 rings (SSSR count). The maximum Gasteiger partial charge on any atom is 0.269 e. The summed E-state index contributed by atoms with van der Waals surface area (Å²) in [6.45, 7) is 2.11. The Hall–Kier alpha value is -2.49. The Morgan fingerprint density at radius 2 is 1.74 bits per heavy atom. The molecule has 0 aliphatic rings. The lowest BCUT2D eigenvalue weighted by Crippen LogP contribution is -1.88. The highest BCUT2D eigenvalue weighted by molar-refractivity contribution is 5.82. The Morgan fingerprint density at radius 3 is 2.26 bits per heavy atom. The number of nitro groups is 1. The third-order valence-electron chi connectivity index (χ3n) is 2.81. The standard InChI is InChI=1S/C15H14N2O2/c1-2-12-3-7-14(8-4-12)16-11-13-5-9-15(10-6-13)17(18)19/h3-11H,2H2,1H3. The van der Waals surface area contributed by atoms with E-state index in [0.717, 1.165) is 17.7 Å². The summed E-state index contributed by atoms with van der Waals surface area (Å²) in [7, 11) is 0. The molecule has 0 amide bonds. The lowest BCUT2D eigenvalue weighted by molar-refractivity contribution is -0.384. The van der Waals surface area contributed by atoms with Crippen molar-refractivity contribution in [1.82, 2.24) is 0 Å². The summed E-state index contributed by atoms with van der Waals surface area (Å²) in [5, 5.41) is 10.5. The molecule has 0 saturated carbocycles. The summed E-state index contributed by atoms with van der Waals surface area (Å²) >= 11 is 0. The molecule has 0 heterocycles. The highest BCUT2D eigenvalue weighted by atomic mass is 16.6. The molecule has 0 saturated heterocycles. The summed E-state index contributed by atoms with van der Waals surface area (Å²) in [4.78, 5) is 14.4. The number of hydrogen-bond donors (Lipinski definition) is 0. The second-order valence-corrected chi connectivity index (χ2v) is 4.13. The number of hydrogen-bond acceptors (Lipinski definition) is 3. The molecule has 4 heteroatoms. The zero-order valence-electron chi connectivity index (χ0n) is 10.6. The minimum Gasteiger partial charge on any atom is -0.258 e. The number of benzene rings is 2. The van der Waals surface area contributed by atoms with Crippen LogP contribution in [0.15, 0.2) is 53.5 Å². The molecule has 0 radical (unpaired) electrons. The van der Waals surface area contributed by atoms with E-state index in [4.69, 9.17) is 0 Å². The van der Waals surface area contributed by atoms with E-state index in [2.05, 4.69) is 11.9 Å². The molecule has 0 spiro atoms. The zero-order chi connectivity index (χ0) is 13.7. The fourth-order valence-corrected chi connectivity index (χ4v) is 1.65. The van der Waals surface area contributed by atoms with Crippen LogP contribution < -0.4 is 0 Å². The van der Waals surface area contributed by atoms with Crippen LogP contribution in [0, 0.1) is 10.1 Å². The molecule has 0 atom stereocenters. The lowest BCUT2D eigenvalue weighted by Gasteiger charge is -1.97. The van der Waals surface area contributed by atoms with Crippen molar-refractivity contribution in [3.05, 3.63) is 69.8 Å². The van der Waals surface area contributed by atoms with Crippen LogP contribution >= 0.6 is 0 Å². The second-order valence-electron chi connectivity index (χ2n) is 4.13. The Kier molecular flexibility index (Phi) is 4.03. The van der Waals surface area contributed by atoms with Gasteiger partial charge in [-0.1, -0.05) is 19.1 Å². The summed E-state index contributed by atoms with van der Waals surface area (Å²) < 4.78 is 0. The van der Waals surface area contributed by atoms with Gasteiger partial charge in [0.05, 0.1) is 10.6 Å². The number of nitro benzene ring substituents is 1. The molecular formula is C15H14N2O2. The minimum atomic E-state index is -0.412. The Bertz CT molecular complexity index is 587. The highest BCUT2D eigenvalue weighted by Crippen LogP contribution is 2.15. The first kappa shape index (κ1) is 13.0. The number of aliphatic imine (C=N–C) groups is 1. The highest BCUT2D eigenvalue weighted by Gasteiger charge is 2.02. The first-order chi connectivity index (χ1) is 9.19. The van der Waals surface area contributed by atoms with E-state index in [9.17, 15) is 10.1 Å². The maximum absolute atomic E-state index is 10.5. The van der Waals surface area contributed by atoms with Crippen molar-refractivity contribution in [2.75, 3.05) is 0 Å². The van der Waals surface area contributed by atoms with Crippen LogP contribution in [0.5, 0.6) is 0 Å².